The van der Waals surface area contributed by atoms with Crippen LogP contribution in [0, 0.1) is 6.92 Å². The van der Waals surface area contributed by atoms with Gasteiger partial charge < -0.3 is 11.1 Å². The Morgan fingerprint density at radius 1 is 1.43 bits per heavy atom. The first-order chi connectivity index (χ1) is 6.69. The van der Waals surface area contributed by atoms with Gasteiger partial charge in [0.1, 0.15) is 24.1 Å². The van der Waals surface area contributed by atoms with E-state index >= 15 is 0 Å². The summed E-state index contributed by atoms with van der Waals surface area (Å²) in [7, 11) is 0. The van der Waals surface area contributed by atoms with Gasteiger partial charge in [0.15, 0.2) is 0 Å². The molecule has 0 unspecified atom stereocenters. The summed E-state index contributed by atoms with van der Waals surface area (Å²) in [5.41, 5.74) is 6.46. The molecule has 1 heterocycles. The van der Waals surface area contributed by atoms with Crippen LogP contribution in [-0.2, 0) is 6.42 Å². The van der Waals surface area contributed by atoms with Gasteiger partial charge >= 0.3 is 0 Å². The summed E-state index contributed by atoms with van der Waals surface area (Å²) in [5, 5.41) is 2.87. The topological polar surface area (TPSA) is 63.8 Å². The molecule has 0 atom stereocenters. The van der Waals surface area contributed by atoms with Crippen molar-refractivity contribution in [3.8, 4) is 0 Å². The van der Waals surface area contributed by atoms with E-state index in [1.807, 2.05) is 13.8 Å². The molecule has 0 aliphatic carbocycles. The van der Waals surface area contributed by atoms with Gasteiger partial charge in [-0.1, -0.05) is 6.92 Å². The molecule has 0 radical (unpaired) electrons. The van der Waals surface area contributed by atoms with Gasteiger partial charge in [-0.2, -0.15) is 0 Å². The SMILES string of the molecule is CCc1nc(N)c(C)c(NCCF)n1. The smallest absolute Gasteiger partial charge is 0.134 e. The molecular weight excluding hydrogens is 183 g/mol. The first-order valence-electron chi connectivity index (χ1n) is 4.61. The molecule has 0 amide bonds. The number of halogens is 1. The van der Waals surface area contributed by atoms with Crippen molar-refractivity contribution in [3.05, 3.63) is 11.4 Å². The van der Waals surface area contributed by atoms with E-state index in [4.69, 9.17) is 5.73 Å². The maximum atomic E-state index is 12.0. The molecule has 1 aromatic rings. The van der Waals surface area contributed by atoms with Crippen LogP contribution in [0.1, 0.15) is 18.3 Å². The first-order valence-corrected chi connectivity index (χ1v) is 4.61. The number of aromatic nitrogens is 2. The van der Waals surface area contributed by atoms with E-state index in [0.717, 1.165) is 12.0 Å². The largest absolute Gasteiger partial charge is 0.383 e. The lowest BCUT2D eigenvalue weighted by atomic mass is 10.3. The molecule has 78 valence electrons. The molecule has 1 rings (SSSR count). The van der Waals surface area contributed by atoms with Crippen molar-refractivity contribution >= 4 is 11.6 Å². The van der Waals surface area contributed by atoms with Gasteiger partial charge in [0.2, 0.25) is 0 Å². The molecule has 0 aliphatic heterocycles. The van der Waals surface area contributed by atoms with Crippen LogP contribution in [0.15, 0.2) is 0 Å². The quantitative estimate of drug-likeness (QED) is 0.765. The molecule has 0 spiro atoms. The van der Waals surface area contributed by atoms with E-state index < -0.39 is 6.67 Å². The van der Waals surface area contributed by atoms with Gasteiger partial charge in [0, 0.05) is 18.5 Å². The number of aryl methyl sites for hydroxylation is 1. The number of nitrogen functional groups attached to an aromatic ring is 1. The van der Waals surface area contributed by atoms with Crippen LogP contribution >= 0.6 is 0 Å². The number of alkyl halides is 1. The standard InChI is InChI=1S/C9H15FN4/c1-3-7-13-8(11)6(2)9(14-7)12-5-4-10/h3-5H2,1-2H3,(H3,11,12,13,14). The fourth-order valence-corrected chi connectivity index (χ4v) is 1.08. The third-order valence-electron chi connectivity index (χ3n) is 1.93. The molecule has 0 aromatic carbocycles. The molecule has 0 saturated heterocycles. The van der Waals surface area contributed by atoms with Crippen molar-refractivity contribution in [2.24, 2.45) is 0 Å². The Bertz CT molecular complexity index is 314. The molecule has 0 saturated carbocycles. The molecule has 14 heavy (non-hydrogen) atoms. The predicted octanol–water partition coefficient (Wildman–Crippen LogP) is 1.31. The summed E-state index contributed by atoms with van der Waals surface area (Å²) in [6, 6.07) is 0. The summed E-state index contributed by atoms with van der Waals surface area (Å²) >= 11 is 0. The monoisotopic (exact) mass is 198 g/mol. The van der Waals surface area contributed by atoms with Gasteiger partial charge in [-0.3, -0.25) is 0 Å². The van der Waals surface area contributed by atoms with Crippen LogP contribution in [0.25, 0.3) is 0 Å². The summed E-state index contributed by atoms with van der Waals surface area (Å²) in [5.74, 6) is 1.76. The first kappa shape index (κ1) is 10.7. The Hall–Kier alpha value is -1.39. The van der Waals surface area contributed by atoms with Crippen molar-refractivity contribution in [2.45, 2.75) is 20.3 Å². The zero-order valence-corrected chi connectivity index (χ0v) is 8.47. The zero-order valence-electron chi connectivity index (χ0n) is 8.47. The van der Waals surface area contributed by atoms with Gasteiger partial charge in [-0.15, -0.1) is 0 Å². The van der Waals surface area contributed by atoms with E-state index in [1.165, 1.54) is 0 Å². The molecule has 0 bridgehead atoms. The van der Waals surface area contributed by atoms with Crippen LogP contribution in [0.3, 0.4) is 0 Å². The highest BCUT2D eigenvalue weighted by Gasteiger charge is 2.06. The van der Waals surface area contributed by atoms with Crippen molar-refractivity contribution in [1.29, 1.82) is 0 Å². The van der Waals surface area contributed by atoms with Gasteiger partial charge in [0.05, 0.1) is 0 Å². The fourth-order valence-electron chi connectivity index (χ4n) is 1.08. The molecule has 0 fully saturated rings. The Kier molecular flexibility index (Phi) is 3.62. The van der Waals surface area contributed by atoms with E-state index in [9.17, 15) is 4.39 Å². The van der Waals surface area contributed by atoms with Crippen LogP contribution in [0.4, 0.5) is 16.0 Å². The maximum absolute atomic E-state index is 12.0. The predicted molar refractivity (Wildman–Crippen MR) is 55.0 cm³/mol. The van der Waals surface area contributed by atoms with Crippen LogP contribution in [-0.4, -0.2) is 23.2 Å². The van der Waals surface area contributed by atoms with E-state index in [2.05, 4.69) is 15.3 Å². The molecule has 5 heteroatoms. The number of nitrogens with one attached hydrogen (secondary N) is 1. The molecule has 1 aromatic heterocycles. The van der Waals surface area contributed by atoms with Crippen molar-refractivity contribution in [1.82, 2.24) is 9.97 Å². The Labute approximate surface area is 82.8 Å². The Balaban J connectivity index is 2.95. The Morgan fingerprint density at radius 2 is 2.14 bits per heavy atom. The van der Waals surface area contributed by atoms with Gasteiger partial charge in [-0.05, 0) is 6.92 Å². The molecule has 3 N–H and O–H groups in total. The summed E-state index contributed by atoms with van der Waals surface area (Å²) in [6.07, 6.45) is 0.717. The second kappa shape index (κ2) is 4.74. The second-order valence-corrected chi connectivity index (χ2v) is 2.97. The highest BCUT2D eigenvalue weighted by atomic mass is 19.1. The van der Waals surface area contributed by atoms with Crippen LogP contribution < -0.4 is 11.1 Å². The molecular formula is C9H15FN4. The third kappa shape index (κ3) is 2.31. The minimum Gasteiger partial charge on any atom is -0.383 e. The number of hydrogen-bond acceptors (Lipinski definition) is 4. The third-order valence-corrected chi connectivity index (χ3v) is 1.93. The van der Waals surface area contributed by atoms with Crippen molar-refractivity contribution < 1.29 is 4.39 Å². The van der Waals surface area contributed by atoms with E-state index in [0.29, 0.717) is 17.5 Å². The van der Waals surface area contributed by atoms with Gasteiger partial charge in [0.25, 0.3) is 0 Å². The molecule has 4 nitrogen and oxygen atoms in total. The van der Waals surface area contributed by atoms with Crippen molar-refractivity contribution in [3.63, 3.8) is 0 Å². The highest BCUT2D eigenvalue weighted by molar-refractivity contribution is 5.54. The normalized spacial score (nSPS) is 10.2. The number of nitrogens with two attached hydrogens (primary N) is 1. The van der Waals surface area contributed by atoms with E-state index in [1.54, 1.807) is 0 Å². The fraction of sp³-hybridized carbons (Fsp3) is 0.556. The number of nitrogens with zero attached hydrogens (tertiary/aromatic N) is 2. The minimum absolute atomic E-state index is 0.250. The Morgan fingerprint density at radius 3 is 2.71 bits per heavy atom. The lowest BCUT2D eigenvalue weighted by molar-refractivity contribution is 0.512. The number of anilines is 2. The van der Waals surface area contributed by atoms with Crippen LogP contribution in [0.2, 0.25) is 0 Å². The minimum atomic E-state index is -0.426. The van der Waals surface area contributed by atoms with Crippen LogP contribution in [0.5, 0.6) is 0 Å². The maximum Gasteiger partial charge on any atom is 0.134 e. The second-order valence-electron chi connectivity index (χ2n) is 2.97. The van der Waals surface area contributed by atoms with E-state index in [-0.39, 0.29) is 6.54 Å². The highest BCUT2D eigenvalue weighted by Crippen LogP contribution is 2.16. The average Bonchev–Trinajstić information content (AvgIpc) is 2.20. The lowest BCUT2D eigenvalue weighted by Gasteiger charge is -2.09. The summed E-state index contributed by atoms with van der Waals surface area (Å²) in [6.45, 7) is 3.59. The zero-order chi connectivity index (χ0) is 10.6. The summed E-state index contributed by atoms with van der Waals surface area (Å²) < 4.78 is 12.0. The lowest BCUT2D eigenvalue weighted by Crippen LogP contribution is -2.11. The van der Waals surface area contributed by atoms with Gasteiger partial charge in [-0.25, -0.2) is 14.4 Å². The summed E-state index contributed by atoms with van der Waals surface area (Å²) in [4.78, 5) is 8.31. The van der Waals surface area contributed by atoms with Crippen molar-refractivity contribution in [2.75, 3.05) is 24.3 Å². The number of rotatable bonds is 4. The number of hydrogen-bond donors (Lipinski definition) is 2. The molecule has 0 aliphatic rings. The average molecular weight is 198 g/mol.